The van der Waals surface area contributed by atoms with Gasteiger partial charge in [-0.3, -0.25) is 4.79 Å². The summed E-state index contributed by atoms with van der Waals surface area (Å²) in [6.45, 7) is 0. The average Bonchev–Trinajstić information content (AvgIpc) is 2.66. The van der Waals surface area contributed by atoms with Gasteiger partial charge in [0.1, 0.15) is 0 Å². The minimum absolute atomic E-state index is 0.185. The summed E-state index contributed by atoms with van der Waals surface area (Å²) >= 11 is 6.00. The maximum Gasteiger partial charge on any atom is 0.224 e. The van der Waals surface area contributed by atoms with Gasteiger partial charge in [0.15, 0.2) is 0 Å². The molecule has 88 valence electrons. The van der Waals surface area contributed by atoms with Crippen LogP contribution in [0.4, 0.5) is 0 Å². The Kier molecular flexibility index (Phi) is 1.81. The van der Waals surface area contributed by atoms with Gasteiger partial charge in [-0.1, -0.05) is 17.7 Å². The number of carbonyl (C=O) groups excluding carboxylic acids is 1. The predicted molar refractivity (Wildman–Crippen MR) is 68.6 cm³/mol. The summed E-state index contributed by atoms with van der Waals surface area (Å²) < 4.78 is 24.4. The van der Waals surface area contributed by atoms with Crippen LogP contribution < -0.4 is 5.73 Å². The summed E-state index contributed by atoms with van der Waals surface area (Å²) in [7, 11) is 0. The van der Waals surface area contributed by atoms with Crippen LogP contribution in [0.25, 0.3) is 5.57 Å². The van der Waals surface area contributed by atoms with Gasteiger partial charge in [-0.05, 0) is 60.0 Å². The molecule has 0 radical (unpaired) electrons. The Morgan fingerprint density at radius 1 is 1.59 bits per heavy atom. The lowest BCUT2D eigenvalue weighted by molar-refractivity contribution is -0.121. The van der Waals surface area contributed by atoms with Gasteiger partial charge in [-0.15, -0.1) is 0 Å². The highest BCUT2D eigenvalue weighted by Crippen LogP contribution is 2.44. The second kappa shape index (κ2) is 3.88. The Bertz CT molecular complexity index is 656. The Morgan fingerprint density at radius 2 is 2.41 bits per heavy atom. The van der Waals surface area contributed by atoms with Crippen molar-refractivity contribution in [3.63, 3.8) is 0 Å². The molecule has 1 aromatic rings. The van der Waals surface area contributed by atoms with Gasteiger partial charge in [0.2, 0.25) is 5.91 Å². The first-order valence-corrected chi connectivity index (χ1v) is 5.92. The summed E-state index contributed by atoms with van der Waals surface area (Å²) in [6.07, 6.45) is -1.12. The van der Waals surface area contributed by atoms with Crippen LogP contribution in [0.5, 0.6) is 0 Å². The molecule has 0 aromatic heterocycles. The number of fused-ring (bicyclic) bond motifs is 2. The molecule has 0 bridgehead atoms. The van der Waals surface area contributed by atoms with E-state index in [0.29, 0.717) is 17.0 Å². The molecule has 17 heavy (non-hydrogen) atoms. The highest BCUT2D eigenvalue weighted by molar-refractivity contribution is 6.30. The number of allylic oxidation sites excluding steroid dienone is 1. The maximum absolute atomic E-state index is 11.7. The van der Waals surface area contributed by atoms with E-state index in [4.69, 9.17) is 21.4 Å². The van der Waals surface area contributed by atoms with E-state index in [1.54, 1.807) is 12.1 Å². The fraction of sp³-hybridized carbons (Fsp3) is 0.357. The van der Waals surface area contributed by atoms with E-state index in [1.165, 1.54) is 0 Å². The largest absolute Gasteiger partial charge is 0.369 e. The van der Waals surface area contributed by atoms with Crippen LogP contribution in [0.1, 0.15) is 34.5 Å². The summed E-state index contributed by atoms with van der Waals surface area (Å²) in [4.78, 5) is 11.7. The van der Waals surface area contributed by atoms with Crippen molar-refractivity contribution in [1.29, 1.82) is 0 Å². The molecule has 0 saturated heterocycles. The van der Waals surface area contributed by atoms with E-state index in [0.717, 1.165) is 16.7 Å². The van der Waals surface area contributed by atoms with Crippen LogP contribution in [0.2, 0.25) is 5.02 Å². The Balaban J connectivity index is 2.20. The van der Waals surface area contributed by atoms with Crippen molar-refractivity contribution in [2.75, 3.05) is 0 Å². The van der Waals surface area contributed by atoms with Crippen LogP contribution in [0.3, 0.4) is 0 Å². The first-order valence-electron chi connectivity index (χ1n) is 7.04. The van der Waals surface area contributed by atoms with E-state index < -0.39 is 18.2 Å². The number of primary amides is 1. The molecule has 1 amide bonds. The van der Waals surface area contributed by atoms with E-state index in [2.05, 4.69) is 0 Å². The van der Waals surface area contributed by atoms with Crippen LogP contribution >= 0.6 is 11.6 Å². The SMILES string of the molecule is [2H]C1([2H])CC2=C(Cc3ccc(Cl)cc32)C([2H])(C(N)=O)C1. The fourth-order valence-corrected chi connectivity index (χ4v) is 2.76. The topological polar surface area (TPSA) is 43.1 Å². The highest BCUT2D eigenvalue weighted by Gasteiger charge is 2.32. The number of rotatable bonds is 1. The third kappa shape index (κ3) is 1.67. The van der Waals surface area contributed by atoms with Gasteiger partial charge >= 0.3 is 0 Å². The molecule has 3 rings (SSSR count). The van der Waals surface area contributed by atoms with Crippen molar-refractivity contribution >= 4 is 23.1 Å². The van der Waals surface area contributed by atoms with Crippen molar-refractivity contribution in [1.82, 2.24) is 0 Å². The molecule has 3 heteroatoms. The predicted octanol–water partition coefficient (Wildman–Crippen LogP) is 2.94. The smallest absolute Gasteiger partial charge is 0.224 e. The van der Waals surface area contributed by atoms with Gasteiger partial charge in [0.05, 0.1) is 5.89 Å². The monoisotopic (exact) mass is 250 g/mol. The number of hydrogen-bond acceptors (Lipinski definition) is 1. The van der Waals surface area contributed by atoms with Crippen LogP contribution in [0.15, 0.2) is 23.8 Å². The Morgan fingerprint density at radius 3 is 3.18 bits per heavy atom. The van der Waals surface area contributed by atoms with E-state index in [9.17, 15) is 4.79 Å². The van der Waals surface area contributed by atoms with Crippen molar-refractivity contribution in [2.24, 2.45) is 11.6 Å². The molecule has 1 aromatic carbocycles. The van der Waals surface area contributed by atoms with Gasteiger partial charge in [0.25, 0.3) is 0 Å². The molecule has 1 atom stereocenters. The minimum Gasteiger partial charge on any atom is -0.369 e. The Hall–Kier alpha value is -1.28. The van der Waals surface area contributed by atoms with Crippen molar-refractivity contribution in [3.8, 4) is 0 Å². The van der Waals surface area contributed by atoms with E-state index in [1.807, 2.05) is 6.07 Å². The third-order valence-electron chi connectivity index (χ3n) is 3.39. The van der Waals surface area contributed by atoms with E-state index >= 15 is 0 Å². The molecule has 2 nitrogen and oxygen atoms in total. The molecule has 0 heterocycles. The van der Waals surface area contributed by atoms with Gasteiger partial charge in [-0.25, -0.2) is 0 Å². The number of amides is 1. The summed E-state index contributed by atoms with van der Waals surface area (Å²) in [6, 6.07) is 5.42. The lowest BCUT2D eigenvalue weighted by Gasteiger charge is -2.22. The zero-order valence-corrected chi connectivity index (χ0v) is 9.97. The average molecular weight is 251 g/mol. The van der Waals surface area contributed by atoms with Crippen LogP contribution in [-0.2, 0) is 11.2 Å². The number of carbonyl (C=O) groups is 1. The van der Waals surface area contributed by atoms with Gasteiger partial charge < -0.3 is 5.73 Å². The molecule has 0 aliphatic heterocycles. The zero-order chi connectivity index (χ0) is 14.7. The quantitative estimate of drug-likeness (QED) is 0.818. The summed E-state index contributed by atoms with van der Waals surface area (Å²) in [5.41, 5.74) is 8.59. The second-order valence-corrected chi connectivity index (χ2v) is 4.82. The number of nitrogens with two attached hydrogens (primary N) is 1. The van der Waals surface area contributed by atoms with Gasteiger partial charge in [0, 0.05) is 9.13 Å². The zero-order valence-electron chi connectivity index (χ0n) is 12.2. The van der Waals surface area contributed by atoms with Crippen molar-refractivity contribution in [3.05, 3.63) is 39.9 Å². The second-order valence-electron chi connectivity index (χ2n) is 4.38. The summed E-state index contributed by atoms with van der Waals surface area (Å²) in [5.74, 6) is -2.45. The van der Waals surface area contributed by atoms with Crippen molar-refractivity contribution in [2.45, 2.75) is 25.6 Å². The highest BCUT2D eigenvalue weighted by atomic mass is 35.5. The fourth-order valence-electron chi connectivity index (χ4n) is 2.59. The number of hydrogen-bond donors (Lipinski definition) is 1. The van der Waals surface area contributed by atoms with Crippen molar-refractivity contribution < 1.29 is 8.91 Å². The first-order chi connectivity index (χ1) is 9.23. The normalized spacial score (nSPS) is 32.2. The van der Waals surface area contributed by atoms with E-state index in [-0.39, 0.29) is 12.8 Å². The standard InChI is InChI=1S/C14H14ClNO/c15-9-5-4-8-6-13-10(12(8)7-9)2-1-3-11(13)14(16)17/h4-5,7,11H,1-3,6H2,(H2,16,17)/i1D2,11D. The molecular weight excluding hydrogens is 234 g/mol. The first kappa shape index (κ1) is 7.93. The molecule has 1 unspecified atom stereocenters. The third-order valence-corrected chi connectivity index (χ3v) is 3.63. The molecule has 2 aliphatic rings. The molecule has 0 spiro atoms. The molecule has 2 aliphatic carbocycles. The van der Waals surface area contributed by atoms with Gasteiger partial charge in [-0.2, -0.15) is 0 Å². The minimum atomic E-state index is -1.66. The number of benzene rings is 1. The maximum atomic E-state index is 11.7. The molecule has 0 saturated carbocycles. The van der Waals surface area contributed by atoms with Crippen LogP contribution in [0, 0.1) is 5.89 Å². The summed E-state index contributed by atoms with van der Waals surface area (Å²) in [5, 5.41) is 0.568. The lowest BCUT2D eigenvalue weighted by Crippen LogP contribution is -2.27. The van der Waals surface area contributed by atoms with Crippen LogP contribution in [-0.4, -0.2) is 5.91 Å². The number of halogens is 1. The molecule has 2 N–H and O–H groups in total. The molecule has 0 fully saturated rings. The Labute approximate surface area is 110 Å². The molecular formula is C14H14ClNO. The lowest BCUT2D eigenvalue weighted by atomic mass is 9.82.